The van der Waals surface area contributed by atoms with Crippen LogP contribution in [0.3, 0.4) is 0 Å². The molecule has 5 heteroatoms. The van der Waals surface area contributed by atoms with Gasteiger partial charge in [0.2, 0.25) is 5.91 Å². The number of para-hydroxylation sites is 3. The third-order valence-electron chi connectivity index (χ3n) is 4.59. The quantitative estimate of drug-likeness (QED) is 0.640. The minimum Gasteiger partial charge on any atom is -0.491 e. The number of hydrogen-bond donors (Lipinski definition) is 1. The number of hydrogen-bond acceptors (Lipinski definition) is 3. The number of aromatic nitrogens is 2. The molecule has 0 fully saturated rings. The van der Waals surface area contributed by atoms with E-state index in [4.69, 9.17) is 9.72 Å². The van der Waals surface area contributed by atoms with Gasteiger partial charge in [-0.15, -0.1) is 0 Å². The summed E-state index contributed by atoms with van der Waals surface area (Å²) >= 11 is 0. The maximum Gasteiger partial charge on any atom is 0.225 e. The van der Waals surface area contributed by atoms with Crippen LogP contribution < -0.4 is 10.1 Å². The molecule has 1 amide bonds. The zero-order valence-electron chi connectivity index (χ0n) is 17.3. The summed E-state index contributed by atoms with van der Waals surface area (Å²) < 4.78 is 8.02. The van der Waals surface area contributed by atoms with Crippen molar-refractivity contribution < 1.29 is 9.53 Å². The van der Waals surface area contributed by atoms with E-state index in [1.165, 1.54) is 0 Å². The first kappa shape index (κ1) is 19.9. The molecule has 0 aliphatic heterocycles. The molecule has 0 saturated heterocycles. The largest absolute Gasteiger partial charge is 0.491 e. The summed E-state index contributed by atoms with van der Waals surface area (Å²) in [5.74, 6) is 1.58. The van der Waals surface area contributed by atoms with Crippen LogP contribution in [-0.2, 0) is 11.2 Å². The zero-order valence-corrected chi connectivity index (χ0v) is 17.3. The molecule has 2 aromatic carbocycles. The van der Waals surface area contributed by atoms with Crippen LogP contribution in [0.25, 0.3) is 11.0 Å². The van der Waals surface area contributed by atoms with Gasteiger partial charge in [0.1, 0.15) is 11.6 Å². The van der Waals surface area contributed by atoms with Gasteiger partial charge in [-0.3, -0.25) is 4.79 Å². The number of ether oxygens (including phenoxy) is 1. The minimum atomic E-state index is -0.194. The van der Waals surface area contributed by atoms with E-state index in [1.807, 2.05) is 63.2 Å². The van der Waals surface area contributed by atoms with Gasteiger partial charge < -0.3 is 14.6 Å². The molecule has 148 valence electrons. The molecule has 0 aliphatic rings. The predicted octanol–water partition coefficient (Wildman–Crippen LogP) is 4.82. The Bertz CT molecular complexity index is 959. The lowest BCUT2D eigenvalue weighted by atomic mass is 10.1. The van der Waals surface area contributed by atoms with Crippen LogP contribution in [0.15, 0.2) is 48.5 Å². The van der Waals surface area contributed by atoms with Crippen LogP contribution >= 0.6 is 0 Å². The molecule has 28 heavy (non-hydrogen) atoms. The van der Waals surface area contributed by atoms with E-state index in [0.717, 1.165) is 28.2 Å². The summed E-state index contributed by atoms with van der Waals surface area (Å²) in [6.45, 7) is 10.2. The number of amides is 1. The Morgan fingerprint density at radius 1 is 1.04 bits per heavy atom. The molecular formula is C23H29N3O2. The number of imidazole rings is 1. The van der Waals surface area contributed by atoms with E-state index >= 15 is 0 Å². The van der Waals surface area contributed by atoms with Gasteiger partial charge in [-0.2, -0.15) is 0 Å². The summed E-state index contributed by atoms with van der Waals surface area (Å²) in [5.41, 5.74) is 2.92. The third kappa shape index (κ3) is 4.35. The average molecular weight is 380 g/mol. The summed E-state index contributed by atoms with van der Waals surface area (Å²) in [6.07, 6.45) is 0.337. The molecule has 1 atom stereocenters. The summed E-state index contributed by atoms with van der Waals surface area (Å²) in [6, 6.07) is 15.8. The maximum atomic E-state index is 12.7. The Kier molecular flexibility index (Phi) is 6.02. The molecule has 3 aromatic rings. The fourth-order valence-corrected chi connectivity index (χ4v) is 3.46. The standard InChI is InChI=1S/C23H29N3O2/c1-15(2)26-20-12-8-7-11-19(20)25-23(26)17(5)24-22(27)14-18-10-6-9-13-21(18)28-16(3)4/h6-13,15-17H,14H2,1-5H3,(H,24,27)/t17-/m1/s1. The van der Waals surface area contributed by atoms with E-state index in [2.05, 4.69) is 29.8 Å². The van der Waals surface area contributed by atoms with Crippen LogP contribution in [0.1, 0.15) is 58.1 Å². The number of carbonyl (C=O) groups is 1. The number of rotatable bonds is 7. The molecule has 0 spiro atoms. The van der Waals surface area contributed by atoms with E-state index in [9.17, 15) is 4.79 Å². The highest BCUT2D eigenvalue weighted by atomic mass is 16.5. The predicted molar refractivity (Wildman–Crippen MR) is 113 cm³/mol. The van der Waals surface area contributed by atoms with Gasteiger partial charge in [-0.25, -0.2) is 4.98 Å². The molecule has 1 aromatic heterocycles. The Hall–Kier alpha value is -2.82. The average Bonchev–Trinajstić information content (AvgIpc) is 3.03. The maximum absolute atomic E-state index is 12.7. The molecule has 0 unspecified atom stereocenters. The highest BCUT2D eigenvalue weighted by Gasteiger charge is 2.20. The smallest absolute Gasteiger partial charge is 0.225 e. The number of nitrogens with zero attached hydrogens (tertiary/aromatic N) is 2. The van der Waals surface area contributed by atoms with Crippen molar-refractivity contribution in [2.24, 2.45) is 0 Å². The van der Waals surface area contributed by atoms with Gasteiger partial charge in [0.25, 0.3) is 0 Å². The van der Waals surface area contributed by atoms with Crippen molar-refractivity contribution in [3.8, 4) is 5.75 Å². The second kappa shape index (κ2) is 8.46. The van der Waals surface area contributed by atoms with Crippen LogP contribution in [0.2, 0.25) is 0 Å². The van der Waals surface area contributed by atoms with Crippen molar-refractivity contribution in [3.63, 3.8) is 0 Å². The Labute approximate surface area is 166 Å². The van der Waals surface area contributed by atoms with Gasteiger partial charge in [-0.05, 0) is 52.8 Å². The summed E-state index contributed by atoms with van der Waals surface area (Å²) in [7, 11) is 0. The summed E-state index contributed by atoms with van der Waals surface area (Å²) in [5, 5.41) is 3.10. The summed E-state index contributed by atoms with van der Waals surface area (Å²) in [4.78, 5) is 17.5. The molecule has 5 nitrogen and oxygen atoms in total. The lowest BCUT2D eigenvalue weighted by Crippen LogP contribution is -2.30. The Balaban J connectivity index is 1.79. The van der Waals surface area contributed by atoms with Crippen molar-refractivity contribution >= 4 is 16.9 Å². The van der Waals surface area contributed by atoms with Crippen LogP contribution in [-0.4, -0.2) is 21.6 Å². The SMILES string of the molecule is CC(C)Oc1ccccc1CC(=O)N[C@H](C)c1nc2ccccc2n1C(C)C. The van der Waals surface area contributed by atoms with Gasteiger partial charge in [-0.1, -0.05) is 30.3 Å². The van der Waals surface area contributed by atoms with E-state index < -0.39 is 0 Å². The molecular weight excluding hydrogens is 350 g/mol. The van der Waals surface area contributed by atoms with Crippen LogP contribution in [0.4, 0.5) is 0 Å². The molecule has 0 saturated carbocycles. The van der Waals surface area contributed by atoms with E-state index in [0.29, 0.717) is 0 Å². The number of fused-ring (bicyclic) bond motifs is 1. The van der Waals surface area contributed by atoms with Gasteiger partial charge in [0.15, 0.2) is 0 Å². The first-order valence-corrected chi connectivity index (χ1v) is 9.87. The van der Waals surface area contributed by atoms with Crippen molar-refractivity contribution in [2.75, 3.05) is 0 Å². The highest BCUT2D eigenvalue weighted by Crippen LogP contribution is 2.25. The van der Waals surface area contributed by atoms with E-state index in [1.54, 1.807) is 0 Å². The minimum absolute atomic E-state index is 0.0466. The van der Waals surface area contributed by atoms with Crippen molar-refractivity contribution in [1.29, 1.82) is 0 Å². The third-order valence-corrected chi connectivity index (χ3v) is 4.59. The molecule has 0 aliphatic carbocycles. The van der Waals surface area contributed by atoms with Crippen LogP contribution in [0, 0.1) is 0 Å². The molecule has 0 radical (unpaired) electrons. The lowest BCUT2D eigenvalue weighted by molar-refractivity contribution is -0.121. The van der Waals surface area contributed by atoms with Crippen molar-refractivity contribution in [2.45, 2.75) is 59.2 Å². The van der Waals surface area contributed by atoms with Gasteiger partial charge >= 0.3 is 0 Å². The first-order valence-electron chi connectivity index (χ1n) is 9.87. The normalized spacial score (nSPS) is 12.5. The molecule has 3 rings (SSSR count). The highest BCUT2D eigenvalue weighted by molar-refractivity contribution is 5.80. The lowest BCUT2D eigenvalue weighted by Gasteiger charge is -2.19. The second-order valence-corrected chi connectivity index (χ2v) is 7.66. The van der Waals surface area contributed by atoms with Crippen molar-refractivity contribution in [1.82, 2.24) is 14.9 Å². The fraction of sp³-hybridized carbons (Fsp3) is 0.391. The molecule has 1 heterocycles. The Morgan fingerprint density at radius 2 is 1.71 bits per heavy atom. The van der Waals surface area contributed by atoms with Crippen LogP contribution in [0.5, 0.6) is 5.75 Å². The number of benzene rings is 2. The topological polar surface area (TPSA) is 56.1 Å². The fourth-order valence-electron chi connectivity index (χ4n) is 3.46. The monoisotopic (exact) mass is 379 g/mol. The number of carbonyl (C=O) groups excluding carboxylic acids is 1. The van der Waals surface area contributed by atoms with Crippen molar-refractivity contribution in [3.05, 3.63) is 59.9 Å². The van der Waals surface area contributed by atoms with Gasteiger partial charge in [0, 0.05) is 11.6 Å². The zero-order chi connectivity index (χ0) is 20.3. The molecule has 0 bridgehead atoms. The van der Waals surface area contributed by atoms with E-state index in [-0.39, 0.29) is 30.5 Å². The van der Waals surface area contributed by atoms with Gasteiger partial charge in [0.05, 0.1) is 29.6 Å². The molecule has 1 N–H and O–H groups in total. The Morgan fingerprint density at radius 3 is 2.43 bits per heavy atom. The number of nitrogens with one attached hydrogen (secondary N) is 1. The second-order valence-electron chi connectivity index (χ2n) is 7.66. The first-order chi connectivity index (χ1) is 13.4.